The smallest absolute Gasteiger partial charge is 0.192 e. The maximum Gasteiger partial charge on any atom is 0.192 e. The summed E-state index contributed by atoms with van der Waals surface area (Å²) in [6.07, 6.45) is 31.2. The van der Waals surface area contributed by atoms with Crippen molar-refractivity contribution in [1.29, 1.82) is 0 Å². The van der Waals surface area contributed by atoms with Crippen LogP contribution in [0.1, 0.15) is 219 Å². The summed E-state index contributed by atoms with van der Waals surface area (Å²) in [7, 11) is -8.50. The average molecular weight is 1450 g/mol. The molecule has 11 rings (SSSR count). The predicted molar refractivity (Wildman–Crippen MR) is 433 cm³/mol. The van der Waals surface area contributed by atoms with E-state index in [-0.39, 0.29) is 62.9 Å². The Morgan fingerprint density at radius 1 is 0.634 bits per heavy atom. The highest BCUT2D eigenvalue weighted by Gasteiger charge is 2.59. The number of carbonyl (C=O) groups is 1. The zero-order valence-electron chi connectivity index (χ0n) is 65.5. The van der Waals surface area contributed by atoms with E-state index in [0.29, 0.717) is 30.7 Å². The van der Waals surface area contributed by atoms with Crippen LogP contribution in [0.4, 0.5) is 0 Å². The van der Waals surface area contributed by atoms with Crippen LogP contribution in [0.25, 0.3) is 0 Å². The van der Waals surface area contributed by atoms with Gasteiger partial charge in [0.15, 0.2) is 25.0 Å². The third-order valence-electron chi connectivity index (χ3n) is 24.3. The fraction of sp³-hybridized carbons (Fsp3) is 0.648. The number of benzene rings is 2. The molecule has 8 aliphatic carbocycles. The number of carbonyl (C=O) groups excluding carboxylic acids is 1. The number of hydrogen-bond acceptors (Lipinski definition) is 9. The monoisotopic (exact) mass is 1450 g/mol. The van der Waals surface area contributed by atoms with Crippen molar-refractivity contribution >= 4 is 48.5 Å². The topological polar surface area (TPSA) is 132 Å². The van der Waals surface area contributed by atoms with E-state index in [4.69, 9.17) is 18.0 Å². The minimum atomic E-state index is -2.87. The number of Topliss-reactive ketones (excluding diaryl/α,β-unsaturated/α-hetero) is 1. The first-order valence-electron chi connectivity index (χ1n) is 38.2. The van der Waals surface area contributed by atoms with Crippen molar-refractivity contribution in [3.05, 3.63) is 143 Å². The second-order valence-electron chi connectivity index (χ2n) is 36.7. The highest BCUT2D eigenvalue weighted by Crippen LogP contribution is 2.68. The molecule has 0 radical (unpaired) electrons. The lowest BCUT2D eigenvalue weighted by atomic mass is 9.61. The lowest BCUT2D eigenvalue weighted by molar-refractivity contribution is -0.128. The summed E-state index contributed by atoms with van der Waals surface area (Å²) in [6.45, 7) is 52.7. The SMILES string of the molecule is C.C1CCOC1.C=C1/C(=C\C=C2/CCC[C@]3(C)C(C4(CC#CC(C)(C)O)CC4)=CCC23)CC(O)C[C@@H]1O.C=C1/C(=C\CP(=O)(c2ccccc2)c2ccccc2)CC(O[Si](C)(C)C(C)(C)C)C[C@@H]1O[Si](C)(C)C(C)(C)C.CC(C)(C#CCC1(C2=CCC3C(=O)CCC[C@]23C)CC1)O[Si](C)(C)C. The first-order valence-corrected chi connectivity index (χ1v) is 49.3. The lowest BCUT2D eigenvalue weighted by Crippen LogP contribution is -2.49. The van der Waals surface area contributed by atoms with E-state index in [1.54, 1.807) is 25.0 Å². The molecule has 9 aliphatic rings. The van der Waals surface area contributed by atoms with Crippen LogP contribution in [0.2, 0.25) is 55.9 Å². The van der Waals surface area contributed by atoms with Gasteiger partial charge >= 0.3 is 0 Å². The van der Waals surface area contributed by atoms with Crippen LogP contribution >= 0.6 is 7.14 Å². The molecular weight excluding hydrogens is 1320 g/mol. The second kappa shape index (κ2) is 33.0. The summed E-state index contributed by atoms with van der Waals surface area (Å²) in [4.78, 5) is 12.4. The number of allylic oxidation sites excluding steroid dienone is 8. The maximum atomic E-state index is 14.7. The van der Waals surface area contributed by atoms with Crippen LogP contribution in [0.5, 0.6) is 0 Å². The van der Waals surface area contributed by atoms with E-state index < -0.39 is 49.9 Å². The molecule has 1 heterocycles. The van der Waals surface area contributed by atoms with E-state index in [1.165, 1.54) is 63.4 Å². The first kappa shape index (κ1) is 84.3. The lowest BCUT2D eigenvalue weighted by Gasteiger charge is -2.45. The van der Waals surface area contributed by atoms with Gasteiger partial charge in [-0.05, 0) is 219 Å². The Bertz CT molecular complexity index is 3510. The molecule has 0 amide bonds. The maximum absolute atomic E-state index is 14.7. The molecule has 558 valence electrons. The number of hydrogen-bond donors (Lipinski definition) is 3. The molecule has 2 aromatic rings. The number of aliphatic hydroxyl groups excluding tert-OH is 2. The fourth-order valence-corrected chi connectivity index (χ4v) is 23.3. The van der Waals surface area contributed by atoms with Gasteiger partial charge in [-0.2, -0.15) is 0 Å². The Morgan fingerprint density at radius 3 is 1.61 bits per heavy atom. The van der Waals surface area contributed by atoms with Crippen LogP contribution in [0.15, 0.2) is 143 Å². The van der Waals surface area contributed by atoms with E-state index in [2.05, 4.69) is 182 Å². The zero-order valence-corrected chi connectivity index (χ0v) is 69.4. The molecule has 0 aromatic heterocycles. The summed E-state index contributed by atoms with van der Waals surface area (Å²) in [5.74, 6) is 14.4. The van der Waals surface area contributed by atoms with Gasteiger partial charge in [0.25, 0.3) is 0 Å². The third kappa shape index (κ3) is 21.2. The molecule has 7 fully saturated rings. The summed E-state index contributed by atoms with van der Waals surface area (Å²) in [6, 6.07) is 19.8. The molecule has 6 saturated carbocycles. The first-order chi connectivity index (χ1) is 46.4. The predicted octanol–water partition coefficient (Wildman–Crippen LogP) is 21.0. The van der Waals surface area contributed by atoms with E-state index in [0.717, 1.165) is 104 Å². The molecule has 1 saturated heterocycles. The number of aliphatic hydroxyl groups is 3. The van der Waals surface area contributed by atoms with Crippen LogP contribution in [0.3, 0.4) is 0 Å². The fourth-order valence-electron chi connectivity index (χ4n) is 16.5. The molecule has 0 spiro atoms. The number of ether oxygens (including phenoxy) is 1. The molecular formula is C88H135O9PSi3. The van der Waals surface area contributed by atoms with Crippen molar-refractivity contribution in [1.82, 2.24) is 0 Å². The zero-order chi connectivity index (χ0) is 73.8. The van der Waals surface area contributed by atoms with Crippen molar-refractivity contribution in [2.24, 2.45) is 33.5 Å². The molecule has 3 N–H and O–H groups in total. The van der Waals surface area contributed by atoms with Gasteiger partial charge in [0, 0.05) is 78.8 Å². The largest absolute Gasteiger partial charge is 0.413 e. The van der Waals surface area contributed by atoms with E-state index in [1.807, 2.05) is 60.7 Å². The van der Waals surface area contributed by atoms with Gasteiger partial charge in [0.05, 0.1) is 24.4 Å². The van der Waals surface area contributed by atoms with E-state index >= 15 is 0 Å². The molecule has 9 nitrogen and oxygen atoms in total. The Kier molecular flexibility index (Phi) is 27.6. The minimum Gasteiger partial charge on any atom is -0.413 e. The van der Waals surface area contributed by atoms with Gasteiger partial charge in [-0.3, -0.25) is 4.79 Å². The van der Waals surface area contributed by atoms with Crippen molar-refractivity contribution in [3.63, 3.8) is 0 Å². The highest BCUT2D eigenvalue weighted by atomic mass is 31.2. The van der Waals surface area contributed by atoms with Crippen LogP contribution < -0.4 is 10.6 Å². The Labute approximate surface area is 617 Å². The number of fused-ring (bicyclic) bond motifs is 2. The summed E-state index contributed by atoms with van der Waals surface area (Å²) >= 11 is 0. The minimum absolute atomic E-state index is 0. The van der Waals surface area contributed by atoms with Crippen molar-refractivity contribution in [2.75, 3.05) is 19.4 Å². The normalized spacial score (nSPS) is 28.4. The van der Waals surface area contributed by atoms with Gasteiger partial charge < -0.3 is 37.9 Å². The molecule has 2 aromatic carbocycles. The quantitative estimate of drug-likeness (QED) is 0.0690. The number of ketones is 1. The second-order valence-corrected chi connectivity index (χ2v) is 53.5. The van der Waals surface area contributed by atoms with Gasteiger partial charge in [-0.15, -0.1) is 0 Å². The number of rotatable bonds is 15. The van der Waals surface area contributed by atoms with Crippen molar-refractivity contribution in [2.45, 2.75) is 310 Å². The Morgan fingerprint density at radius 2 is 1.13 bits per heavy atom. The van der Waals surface area contributed by atoms with Crippen molar-refractivity contribution in [3.8, 4) is 23.7 Å². The molecule has 101 heavy (non-hydrogen) atoms. The van der Waals surface area contributed by atoms with Gasteiger partial charge in [-0.1, -0.05) is 207 Å². The van der Waals surface area contributed by atoms with Crippen LogP contribution in [0, 0.1) is 57.2 Å². The Balaban J connectivity index is 0.000000208. The third-order valence-corrected chi connectivity index (χ3v) is 37.4. The summed E-state index contributed by atoms with van der Waals surface area (Å²) < 4.78 is 39.8. The van der Waals surface area contributed by atoms with Gasteiger partial charge in [-0.25, -0.2) is 0 Å². The van der Waals surface area contributed by atoms with Crippen LogP contribution in [-0.2, 0) is 27.4 Å². The average Bonchev–Trinajstić information content (AvgIpc) is 1.57. The highest BCUT2D eigenvalue weighted by molar-refractivity contribution is 7.78. The van der Waals surface area contributed by atoms with Crippen LogP contribution in [-0.4, -0.2) is 101 Å². The standard InChI is InChI=1S/C33H51O3PSi2.C28H38O3.C22H34O2Si.C4H8O.CH4/c1-26-27(22-23-37(34,29-18-14-12-15-19-29)30-20-16-13-17-21-30)24-28(35-38(8,9)32(2,3)4)25-31(26)36-39(10,11)33(5,6)7;1-19-21(17-22(29)18-24(19)30)9-8-20-7-5-13-27(4)23(20)10-11-25(27)28(15-16-28)14-6-12-26(2,3)31;1-20(2,24-25(4,5)6)12-8-14-22(15-16-22)19-11-10-17-18(23)9-7-13-21(17,19)3;1-2-4-5-3-1;/h12-22,28,31H,1,23-25H2,2-11H3;8-9,11,22-24,29-31H,1,5,7,10,13-18H2,2-4H3;11,17H,7,9-10,13-16H2,1-6H3;1-4H2;1H4/b27-22-;20-8+,21-9-;;;/t28?,31-;22?,23?,24-,27-;17?,21-;;/m000../s1. The molecule has 4 unspecified atom stereocenters. The molecule has 8 atom stereocenters. The van der Waals surface area contributed by atoms with Gasteiger partial charge in [0.2, 0.25) is 0 Å². The van der Waals surface area contributed by atoms with Gasteiger partial charge in [0.1, 0.15) is 24.1 Å². The molecule has 1 aliphatic heterocycles. The summed E-state index contributed by atoms with van der Waals surface area (Å²) in [5.41, 5.74) is 8.07. The van der Waals surface area contributed by atoms with E-state index in [9.17, 15) is 24.7 Å². The molecule has 13 heteroatoms. The Hall–Kier alpha value is -3.99. The van der Waals surface area contributed by atoms with Crippen molar-refractivity contribution < 1.29 is 42.7 Å². The molecule has 0 bridgehead atoms. The summed E-state index contributed by atoms with van der Waals surface area (Å²) in [5, 5.41) is 32.1.